The predicted octanol–water partition coefficient (Wildman–Crippen LogP) is 4.20. The highest BCUT2D eigenvalue weighted by Gasteiger charge is 2.10. The number of benzene rings is 1. The van der Waals surface area contributed by atoms with Gasteiger partial charge in [-0.05, 0) is 57.9 Å². The molecule has 21 heavy (non-hydrogen) atoms. The predicted molar refractivity (Wildman–Crippen MR) is 91.5 cm³/mol. The van der Waals surface area contributed by atoms with Crippen molar-refractivity contribution in [3.05, 3.63) is 51.3 Å². The average Bonchev–Trinajstić information content (AvgIpc) is 2.67. The summed E-state index contributed by atoms with van der Waals surface area (Å²) >= 11 is 3.69. The van der Waals surface area contributed by atoms with Gasteiger partial charge in [0, 0.05) is 22.3 Å². The first-order valence-corrected chi connectivity index (χ1v) is 8.07. The van der Waals surface area contributed by atoms with E-state index in [1.54, 1.807) is 0 Å². The van der Waals surface area contributed by atoms with Gasteiger partial charge in [0.2, 0.25) is 0 Å². The van der Waals surface area contributed by atoms with Crippen LogP contribution in [0.3, 0.4) is 0 Å². The van der Waals surface area contributed by atoms with Crippen molar-refractivity contribution in [2.45, 2.75) is 53.2 Å². The quantitative estimate of drug-likeness (QED) is 0.896. The molecule has 0 fully saturated rings. The second-order valence-electron chi connectivity index (χ2n) is 6.61. The summed E-state index contributed by atoms with van der Waals surface area (Å²) in [6, 6.07) is 8.67. The van der Waals surface area contributed by atoms with Gasteiger partial charge >= 0.3 is 0 Å². The Morgan fingerprint density at radius 2 is 1.90 bits per heavy atom. The van der Waals surface area contributed by atoms with Crippen molar-refractivity contribution >= 4 is 15.9 Å². The van der Waals surface area contributed by atoms with Crippen LogP contribution in [0.25, 0.3) is 0 Å². The standard InChI is InChI=1S/C17H24BrN3/c1-12-8-13(2)21(20-12)11-15-7-6-14(9-16(15)18)10-19-17(3,4)5/h6-9,19H,10-11H2,1-5H3. The highest BCUT2D eigenvalue weighted by atomic mass is 79.9. The van der Waals surface area contributed by atoms with E-state index in [0.717, 1.165) is 23.3 Å². The van der Waals surface area contributed by atoms with Crippen LogP contribution in [0.1, 0.15) is 43.3 Å². The van der Waals surface area contributed by atoms with Gasteiger partial charge in [0.05, 0.1) is 12.2 Å². The molecular formula is C17H24BrN3. The molecule has 0 saturated carbocycles. The molecular weight excluding hydrogens is 326 g/mol. The molecule has 2 rings (SSSR count). The molecule has 1 N–H and O–H groups in total. The third-order valence-electron chi connectivity index (χ3n) is 3.36. The molecule has 0 spiro atoms. The number of hydrogen-bond donors (Lipinski definition) is 1. The SMILES string of the molecule is Cc1cc(C)n(Cc2ccc(CNC(C)(C)C)cc2Br)n1. The number of aryl methyl sites for hydroxylation is 2. The van der Waals surface area contributed by atoms with Gasteiger partial charge in [-0.15, -0.1) is 0 Å². The van der Waals surface area contributed by atoms with E-state index in [-0.39, 0.29) is 5.54 Å². The van der Waals surface area contributed by atoms with Crippen molar-refractivity contribution in [2.24, 2.45) is 0 Å². The summed E-state index contributed by atoms with van der Waals surface area (Å²) in [5, 5.41) is 8.03. The summed E-state index contributed by atoms with van der Waals surface area (Å²) in [7, 11) is 0. The normalized spacial score (nSPS) is 11.9. The highest BCUT2D eigenvalue weighted by Crippen LogP contribution is 2.21. The van der Waals surface area contributed by atoms with Gasteiger partial charge in [-0.25, -0.2) is 0 Å². The number of hydrogen-bond acceptors (Lipinski definition) is 2. The van der Waals surface area contributed by atoms with Crippen LogP contribution in [0.5, 0.6) is 0 Å². The maximum Gasteiger partial charge on any atom is 0.0673 e. The van der Waals surface area contributed by atoms with Crippen LogP contribution < -0.4 is 5.32 Å². The maximum atomic E-state index is 4.52. The van der Waals surface area contributed by atoms with Gasteiger partial charge in [-0.3, -0.25) is 4.68 Å². The van der Waals surface area contributed by atoms with Crippen molar-refractivity contribution in [1.29, 1.82) is 0 Å². The molecule has 2 aromatic rings. The Morgan fingerprint density at radius 1 is 1.19 bits per heavy atom. The molecule has 1 aromatic heterocycles. The Kier molecular flexibility index (Phi) is 4.89. The molecule has 114 valence electrons. The molecule has 4 heteroatoms. The molecule has 0 bridgehead atoms. The van der Waals surface area contributed by atoms with Crippen molar-refractivity contribution in [2.75, 3.05) is 0 Å². The van der Waals surface area contributed by atoms with Gasteiger partial charge in [-0.1, -0.05) is 28.1 Å². The van der Waals surface area contributed by atoms with Crippen LogP contribution >= 0.6 is 15.9 Å². The number of nitrogens with one attached hydrogen (secondary N) is 1. The van der Waals surface area contributed by atoms with E-state index in [9.17, 15) is 0 Å². The zero-order chi connectivity index (χ0) is 15.6. The van der Waals surface area contributed by atoms with Crippen LogP contribution in [0.2, 0.25) is 0 Å². The van der Waals surface area contributed by atoms with Gasteiger partial charge < -0.3 is 5.32 Å². The molecule has 1 heterocycles. The summed E-state index contributed by atoms with van der Waals surface area (Å²) in [4.78, 5) is 0. The Balaban J connectivity index is 2.10. The molecule has 0 aliphatic rings. The summed E-state index contributed by atoms with van der Waals surface area (Å²) in [5.41, 5.74) is 4.93. The molecule has 0 saturated heterocycles. The minimum absolute atomic E-state index is 0.134. The molecule has 0 aliphatic heterocycles. The lowest BCUT2D eigenvalue weighted by molar-refractivity contribution is 0.424. The molecule has 0 atom stereocenters. The van der Waals surface area contributed by atoms with Crippen LogP contribution in [0.15, 0.2) is 28.7 Å². The molecule has 1 aromatic carbocycles. The topological polar surface area (TPSA) is 29.9 Å². The molecule has 0 amide bonds. The smallest absolute Gasteiger partial charge is 0.0673 e. The number of aromatic nitrogens is 2. The fraction of sp³-hybridized carbons (Fsp3) is 0.471. The Morgan fingerprint density at radius 3 is 2.43 bits per heavy atom. The minimum atomic E-state index is 0.134. The van der Waals surface area contributed by atoms with Gasteiger partial charge in [0.15, 0.2) is 0 Å². The van der Waals surface area contributed by atoms with E-state index in [1.165, 1.54) is 16.8 Å². The minimum Gasteiger partial charge on any atom is -0.308 e. The van der Waals surface area contributed by atoms with Crippen LogP contribution in [0, 0.1) is 13.8 Å². The van der Waals surface area contributed by atoms with Crippen molar-refractivity contribution < 1.29 is 0 Å². The van der Waals surface area contributed by atoms with Gasteiger partial charge in [0.1, 0.15) is 0 Å². The van der Waals surface area contributed by atoms with E-state index < -0.39 is 0 Å². The van der Waals surface area contributed by atoms with Crippen molar-refractivity contribution in [1.82, 2.24) is 15.1 Å². The van der Waals surface area contributed by atoms with E-state index in [1.807, 2.05) is 11.6 Å². The molecule has 0 unspecified atom stereocenters. The van der Waals surface area contributed by atoms with Gasteiger partial charge in [0.25, 0.3) is 0 Å². The fourth-order valence-electron chi connectivity index (χ4n) is 2.19. The first-order valence-electron chi connectivity index (χ1n) is 7.28. The summed E-state index contributed by atoms with van der Waals surface area (Å²) < 4.78 is 3.19. The fourth-order valence-corrected chi connectivity index (χ4v) is 2.74. The van der Waals surface area contributed by atoms with Gasteiger partial charge in [-0.2, -0.15) is 5.10 Å². The van der Waals surface area contributed by atoms with Crippen LogP contribution in [-0.2, 0) is 13.1 Å². The second-order valence-corrected chi connectivity index (χ2v) is 7.47. The third kappa shape index (κ3) is 4.68. The average molecular weight is 350 g/mol. The monoisotopic (exact) mass is 349 g/mol. The summed E-state index contributed by atoms with van der Waals surface area (Å²) in [5.74, 6) is 0. The first kappa shape index (κ1) is 16.2. The Bertz CT molecular complexity index is 623. The van der Waals surface area contributed by atoms with Crippen LogP contribution in [0.4, 0.5) is 0 Å². The molecule has 3 nitrogen and oxygen atoms in total. The number of rotatable bonds is 4. The summed E-state index contributed by atoms with van der Waals surface area (Å²) in [6.45, 7) is 12.3. The maximum absolute atomic E-state index is 4.52. The second kappa shape index (κ2) is 6.32. The van der Waals surface area contributed by atoms with E-state index in [0.29, 0.717) is 0 Å². The molecule has 0 aliphatic carbocycles. The van der Waals surface area contributed by atoms with E-state index in [4.69, 9.17) is 0 Å². The number of nitrogens with zero attached hydrogens (tertiary/aromatic N) is 2. The van der Waals surface area contributed by atoms with E-state index in [2.05, 4.69) is 78.3 Å². The Hall–Kier alpha value is -1.13. The van der Waals surface area contributed by atoms with E-state index >= 15 is 0 Å². The largest absolute Gasteiger partial charge is 0.308 e. The molecule has 0 radical (unpaired) electrons. The zero-order valence-corrected chi connectivity index (χ0v) is 15.1. The lowest BCUT2D eigenvalue weighted by Gasteiger charge is -2.20. The third-order valence-corrected chi connectivity index (χ3v) is 4.10. The number of halogens is 1. The summed E-state index contributed by atoms with van der Waals surface area (Å²) in [6.07, 6.45) is 0. The highest BCUT2D eigenvalue weighted by molar-refractivity contribution is 9.10. The zero-order valence-electron chi connectivity index (χ0n) is 13.5. The lowest BCUT2D eigenvalue weighted by Crippen LogP contribution is -2.35. The van der Waals surface area contributed by atoms with Crippen molar-refractivity contribution in [3.63, 3.8) is 0 Å². The lowest BCUT2D eigenvalue weighted by atomic mass is 10.1. The Labute approximate surface area is 135 Å². The first-order chi connectivity index (χ1) is 9.74. The van der Waals surface area contributed by atoms with Crippen molar-refractivity contribution in [3.8, 4) is 0 Å². The van der Waals surface area contributed by atoms with Crippen LogP contribution in [-0.4, -0.2) is 15.3 Å².